The van der Waals surface area contributed by atoms with Crippen molar-refractivity contribution in [1.82, 2.24) is 5.32 Å². The smallest absolute Gasteiger partial charge is 0.0329 e. The number of hydrogen-bond donors (Lipinski definition) is 1. The minimum absolute atomic E-state index is 0. The molecule has 13 heavy (non-hydrogen) atoms. The van der Waals surface area contributed by atoms with Crippen molar-refractivity contribution in [3.63, 3.8) is 0 Å². The third-order valence-corrected chi connectivity index (χ3v) is 3.13. The number of nitrogens with one attached hydrogen (secondary N) is 1. The van der Waals surface area contributed by atoms with Crippen LogP contribution in [0.5, 0.6) is 0 Å². The fourth-order valence-corrected chi connectivity index (χ4v) is 2.57. The zero-order chi connectivity index (χ0) is 7.97. The van der Waals surface area contributed by atoms with E-state index in [-0.39, 0.29) is 12.4 Å². The van der Waals surface area contributed by atoms with E-state index in [4.69, 9.17) is 0 Å². The van der Waals surface area contributed by atoms with E-state index in [0.29, 0.717) is 12.1 Å². The number of benzene rings is 1. The Hall–Kier alpha value is -0.530. The molecule has 2 aliphatic heterocycles. The average Bonchev–Trinajstić information content (AvgIpc) is 2.41. The summed E-state index contributed by atoms with van der Waals surface area (Å²) < 4.78 is 0. The first-order valence-corrected chi connectivity index (χ1v) is 4.80. The van der Waals surface area contributed by atoms with Crippen molar-refractivity contribution in [2.75, 3.05) is 0 Å². The van der Waals surface area contributed by atoms with Gasteiger partial charge in [-0.2, -0.15) is 0 Å². The van der Waals surface area contributed by atoms with E-state index >= 15 is 0 Å². The van der Waals surface area contributed by atoms with E-state index in [1.165, 1.54) is 19.3 Å². The molecule has 0 spiro atoms. The maximum absolute atomic E-state index is 3.66. The lowest BCUT2D eigenvalue weighted by Gasteiger charge is -2.20. The molecule has 1 aromatic carbocycles. The first-order chi connectivity index (χ1) is 5.95. The zero-order valence-corrected chi connectivity index (χ0v) is 8.31. The lowest BCUT2D eigenvalue weighted by molar-refractivity contribution is 0.370. The van der Waals surface area contributed by atoms with Gasteiger partial charge >= 0.3 is 0 Å². The molecule has 2 heterocycles. The molecule has 1 N–H and O–H groups in total. The molecular weight excluding hydrogens is 182 g/mol. The summed E-state index contributed by atoms with van der Waals surface area (Å²) in [4.78, 5) is 0. The number of hydrogen-bond acceptors (Lipinski definition) is 1. The monoisotopic (exact) mass is 195 g/mol. The molecule has 0 saturated carbocycles. The minimum Gasteiger partial charge on any atom is -0.303 e. The van der Waals surface area contributed by atoms with E-state index in [9.17, 15) is 0 Å². The van der Waals surface area contributed by atoms with E-state index < -0.39 is 0 Å². The van der Waals surface area contributed by atoms with Crippen LogP contribution in [0.3, 0.4) is 0 Å². The molecule has 2 atom stereocenters. The first-order valence-electron chi connectivity index (χ1n) is 4.80. The maximum atomic E-state index is 3.66. The van der Waals surface area contributed by atoms with Crippen molar-refractivity contribution >= 4 is 12.4 Å². The van der Waals surface area contributed by atoms with Crippen molar-refractivity contribution in [2.24, 2.45) is 0 Å². The Morgan fingerprint density at radius 2 is 1.54 bits per heavy atom. The largest absolute Gasteiger partial charge is 0.303 e. The van der Waals surface area contributed by atoms with Gasteiger partial charge < -0.3 is 5.32 Å². The number of halogens is 1. The number of rotatable bonds is 0. The molecular formula is C11H14ClN. The minimum atomic E-state index is 0. The SMILES string of the molecule is Cl.c1ccc2c(c1)C1CCCC2N1. The van der Waals surface area contributed by atoms with Gasteiger partial charge in [0.25, 0.3) is 0 Å². The first kappa shape index (κ1) is 9.04. The molecule has 2 bridgehead atoms. The molecule has 2 unspecified atom stereocenters. The zero-order valence-electron chi connectivity index (χ0n) is 7.49. The van der Waals surface area contributed by atoms with Crippen LogP contribution in [0.15, 0.2) is 24.3 Å². The van der Waals surface area contributed by atoms with E-state index in [0.717, 1.165) is 0 Å². The van der Waals surface area contributed by atoms with Gasteiger partial charge in [-0.25, -0.2) is 0 Å². The fourth-order valence-electron chi connectivity index (χ4n) is 2.57. The Bertz CT molecular complexity index is 282. The molecule has 0 radical (unpaired) electrons. The van der Waals surface area contributed by atoms with Crippen molar-refractivity contribution < 1.29 is 0 Å². The van der Waals surface area contributed by atoms with Crippen LogP contribution in [-0.4, -0.2) is 0 Å². The second kappa shape index (κ2) is 3.32. The van der Waals surface area contributed by atoms with Crippen LogP contribution >= 0.6 is 12.4 Å². The Morgan fingerprint density at radius 3 is 2.08 bits per heavy atom. The van der Waals surface area contributed by atoms with Gasteiger partial charge in [-0.05, 0) is 30.4 Å². The lowest BCUT2D eigenvalue weighted by Crippen LogP contribution is -2.22. The highest BCUT2D eigenvalue weighted by molar-refractivity contribution is 5.85. The predicted octanol–water partition coefficient (Wildman–Crippen LogP) is 2.98. The van der Waals surface area contributed by atoms with Crippen LogP contribution in [0.4, 0.5) is 0 Å². The second-order valence-corrected chi connectivity index (χ2v) is 3.83. The summed E-state index contributed by atoms with van der Waals surface area (Å²) in [6.45, 7) is 0. The molecule has 3 rings (SSSR count). The van der Waals surface area contributed by atoms with Crippen LogP contribution < -0.4 is 5.32 Å². The molecule has 1 fully saturated rings. The average molecular weight is 196 g/mol. The number of fused-ring (bicyclic) bond motifs is 5. The normalized spacial score (nSPS) is 29.2. The Morgan fingerprint density at radius 1 is 1.00 bits per heavy atom. The summed E-state index contributed by atoms with van der Waals surface area (Å²) in [5, 5.41) is 3.66. The quantitative estimate of drug-likeness (QED) is 0.671. The Balaban J connectivity index is 0.000000653. The van der Waals surface area contributed by atoms with Gasteiger partial charge in [0.2, 0.25) is 0 Å². The van der Waals surface area contributed by atoms with Crippen LogP contribution in [0.2, 0.25) is 0 Å². The van der Waals surface area contributed by atoms with Crippen molar-refractivity contribution in [2.45, 2.75) is 31.3 Å². The summed E-state index contributed by atoms with van der Waals surface area (Å²) in [5.41, 5.74) is 3.11. The summed E-state index contributed by atoms with van der Waals surface area (Å²) >= 11 is 0. The van der Waals surface area contributed by atoms with Crippen molar-refractivity contribution in [3.05, 3.63) is 35.4 Å². The predicted molar refractivity (Wildman–Crippen MR) is 56.2 cm³/mol. The highest BCUT2D eigenvalue weighted by Gasteiger charge is 2.32. The Kier molecular flexibility index (Phi) is 2.31. The summed E-state index contributed by atoms with van der Waals surface area (Å²) in [5.74, 6) is 0. The van der Waals surface area contributed by atoms with Crippen LogP contribution in [0, 0.1) is 0 Å². The number of piperidine rings is 1. The molecule has 1 saturated heterocycles. The fraction of sp³-hybridized carbons (Fsp3) is 0.455. The molecule has 1 aromatic rings. The van der Waals surface area contributed by atoms with Gasteiger partial charge in [0.05, 0.1) is 0 Å². The standard InChI is InChI=1S/C11H13N.ClH/c1-2-5-9-8(4-1)10-6-3-7-11(9)12-10;/h1-2,4-5,10-12H,3,6-7H2;1H. The third kappa shape index (κ3) is 1.27. The summed E-state index contributed by atoms with van der Waals surface area (Å²) in [6.07, 6.45) is 4.04. The van der Waals surface area contributed by atoms with Gasteiger partial charge in [-0.1, -0.05) is 24.3 Å². The molecule has 1 nitrogen and oxygen atoms in total. The molecule has 0 aromatic heterocycles. The topological polar surface area (TPSA) is 12.0 Å². The Labute approximate surface area is 84.9 Å². The van der Waals surface area contributed by atoms with Crippen molar-refractivity contribution in [1.29, 1.82) is 0 Å². The van der Waals surface area contributed by atoms with Crippen LogP contribution in [0.1, 0.15) is 42.5 Å². The molecule has 70 valence electrons. The van der Waals surface area contributed by atoms with E-state index in [2.05, 4.69) is 29.6 Å². The van der Waals surface area contributed by atoms with Gasteiger partial charge in [0.15, 0.2) is 0 Å². The summed E-state index contributed by atoms with van der Waals surface area (Å²) in [6, 6.07) is 10.2. The van der Waals surface area contributed by atoms with Crippen molar-refractivity contribution in [3.8, 4) is 0 Å². The molecule has 2 heteroatoms. The molecule has 2 aliphatic rings. The maximum Gasteiger partial charge on any atom is 0.0329 e. The van der Waals surface area contributed by atoms with Crippen LogP contribution in [-0.2, 0) is 0 Å². The third-order valence-electron chi connectivity index (χ3n) is 3.13. The second-order valence-electron chi connectivity index (χ2n) is 3.83. The van der Waals surface area contributed by atoms with Gasteiger partial charge in [0.1, 0.15) is 0 Å². The van der Waals surface area contributed by atoms with Gasteiger partial charge in [0, 0.05) is 12.1 Å². The molecule has 0 aliphatic carbocycles. The highest BCUT2D eigenvalue weighted by atomic mass is 35.5. The lowest BCUT2D eigenvalue weighted by atomic mass is 10.0. The van der Waals surface area contributed by atoms with Gasteiger partial charge in [-0.3, -0.25) is 0 Å². The van der Waals surface area contributed by atoms with Crippen LogP contribution in [0.25, 0.3) is 0 Å². The summed E-state index contributed by atoms with van der Waals surface area (Å²) in [7, 11) is 0. The highest BCUT2D eigenvalue weighted by Crippen LogP contribution is 2.42. The van der Waals surface area contributed by atoms with E-state index in [1.807, 2.05) is 0 Å². The van der Waals surface area contributed by atoms with Gasteiger partial charge in [-0.15, -0.1) is 12.4 Å². The van der Waals surface area contributed by atoms with E-state index in [1.54, 1.807) is 11.1 Å². The molecule has 0 amide bonds.